The highest BCUT2D eigenvalue weighted by molar-refractivity contribution is 9.10. The fourth-order valence-corrected chi connectivity index (χ4v) is 3.32. The van der Waals surface area contributed by atoms with Crippen LogP contribution < -0.4 is 10.1 Å². The molecule has 4 nitrogen and oxygen atoms in total. The molecule has 2 aromatic carbocycles. The molecule has 1 fully saturated rings. The number of hydrogen-bond donors (Lipinski definition) is 1. The molecule has 0 spiro atoms. The van der Waals surface area contributed by atoms with Gasteiger partial charge in [0.1, 0.15) is 5.75 Å². The van der Waals surface area contributed by atoms with E-state index in [1.54, 1.807) is 19.2 Å². The molecule has 0 aliphatic heterocycles. The molecule has 1 saturated carbocycles. The monoisotopic (exact) mass is 389 g/mol. The Morgan fingerprint density at radius 2 is 1.88 bits per heavy atom. The molecule has 1 aliphatic rings. The maximum Gasteiger partial charge on any atom is 0.337 e. The second-order valence-corrected chi connectivity index (χ2v) is 6.82. The number of esters is 1. The van der Waals surface area contributed by atoms with E-state index in [9.17, 15) is 4.79 Å². The van der Waals surface area contributed by atoms with Crippen LogP contribution in [0.2, 0.25) is 0 Å². The highest BCUT2D eigenvalue weighted by Gasteiger charge is 2.43. The van der Waals surface area contributed by atoms with Crippen LogP contribution in [0.5, 0.6) is 5.75 Å². The van der Waals surface area contributed by atoms with E-state index in [4.69, 9.17) is 9.47 Å². The zero-order valence-corrected chi connectivity index (χ0v) is 15.4. The molecule has 0 saturated heterocycles. The van der Waals surface area contributed by atoms with Crippen LogP contribution in [-0.2, 0) is 16.8 Å². The van der Waals surface area contributed by atoms with Crippen molar-refractivity contribution in [2.75, 3.05) is 14.2 Å². The summed E-state index contributed by atoms with van der Waals surface area (Å²) in [7, 11) is 3.06. The molecular formula is C19H20BrNO3. The van der Waals surface area contributed by atoms with Gasteiger partial charge in [0.05, 0.1) is 19.8 Å². The minimum Gasteiger partial charge on any atom is -0.497 e. The zero-order valence-electron chi connectivity index (χ0n) is 13.8. The Hall–Kier alpha value is -1.85. The summed E-state index contributed by atoms with van der Waals surface area (Å²) in [5, 5.41) is 3.66. The predicted octanol–water partition coefficient (Wildman–Crippen LogP) is 4.02. The van der Waals surface area contributed by atoms with Gasteiger partial charge in [-0.3, -0.25) is 0 Å². The van der Waals surface area contributed by atoms with E-state index in [2.05, 4.69) is 33.4 Å². The van der Waals surface area contributed by atoms with Crippen LogP contribution in [0.25, 0.3) is 0 Å². The normalized spacial score (nSPS) is 15.0. The Kier molecular flexibility index (Phi) is 4.92. The second-order valence-electron chi connectivity index (χ2n) is 5.96. The van der Waals surface area contributed by atoms with Gasteiger partial charge in [0.25, 0.3) is 0 Å². The van der Waals surface area contributed by atoms with E-state index in [1.807, 2.05) is 18.2 Å². The Labute approximate surface area is 150 Å². The third kappa shape index (κ3) is 3.47. The van der Waals surface area contributed by atoms with Gasteiger partial charge in [-0.2, -0.15) is 0 Å². The standard InChI is InChI=1S/C19H20BrNO3/c1-23-16-7-5-15(6-8-16)19(9-10-19)21-12-14-4-3-13(11-17(14)20)18(22)24-2/h3-8,11,21H,9-10,12H2,1-2H3. The largest absolute Gasteiger partial charge is 0.497 e. The van der Waals surface area contributed by atoms with Crippen LogP contribution in [0.4, 0.5) is 0 Å². The number of carbonyl (C=O) groups excluding carboxylic acids is 1. The van der Waals surface area contributed by atoms with Gasteiger partial charge in [0.2, 0.25) is 0 Å². The number of benzene rings is 2. The summed E-state index contributed by atoms with van der Waals surface area (Å²) >= 11 is 3.54. The fraction of sp³-hybridized carbons (Fsp3) is 0.316. The lowest BCUT2D eigenvalue weighted by Crippen LogP contribution is -2.28. The van der Waals surface area contributed by atoms with Crippen molar-refractivity contribution >= 4 is 21.9 Å². The van der Waals surface area contributed by atoms with Gasteiger partial charge < -0.3 is 14.8 Å². The van der Waals surface area contributed by atoms with Gasteiger partial charge in [0, 0.05) is 16.6 Å². The van der Waals surface area contributed by atoms with Gasteiger partial charge in [-0.15, -0.1) is 0 Å². The smallest absolute Gasteiger partial charge is 0.337 e. The molecule has 2 aromatic rings. The first kappa shape index (κ1) is 17.0. The van der Waals surface area contributed by atoms with Crippen molar-refractivity contribution in [2.24, 2.45) is 0 Å². The predicted molar refractivity (Wildman–Crippen MR) is 96.2 cm³/mol. The molecular weight excluding hydrogens is 370 g/mol. The molecule has 0 amide bonds. The van der Waals surface area contributed by atoms with E-state index < -0.39 is 0 Å². The van der Waals surface area contributed by atoms with Gasteiger partial charge >= 0.3 is 5.97 Å². The summed E-state index contributed by atoms with van der Waals surface area (Å²) in [6, 6.07) is 13.8. The lowest BCUT2D eigenvalue weighted by Gasteiger charge is -2.19. The van der Waals surface area contributed by atoms with Crippen LogP contribution in [0.1, 0.15) is 34.3 Å². The first-order valence-corrected chi connectivity index (χ1v) is 8.63. The summed E-state index contributed by atoms with van der Waals surface area (Å²) in [5.41, 5.74) is 2.99. The van der Waals surface area contributed by atoms with E-state index in [1.165, 1.54) is 12.7 Å². The van der Waals surface area contributed by atoms with Crippen molar-refractivity contribution in [1.82, 2.24) is 5.32 Å². The molecule has 0 radical (unpaired) electrons. The summed E-state index contributed by atoms with van der Waals surface area (Å²) in [6.45, 7) is 0.730. The maximum atomic E-state index is 11.6. The Morgan fingerprint density at radius 3 is 2.42 bits per heavy atom. The van der Waals surface area contributed by atoms with E-state index in [-0.39, 0.29) is 11.5 Å². The van der Waals surface area contributed by atoms with Crippen molar-refractivity contribution in [1.29, 1.82) is 0 Å². The van der Waals surface area contributed by atoms with Crippen LogP contribution in [0.3, 0.4) is 0 Å². The average molecular weight is 390 g/mol. The number of hydrogen-bond acceptors (Lipinski definition) is 4. The molecule has 0 aromatic heterocycles. The minimum atomic E-state index is -0.327. The third-order valence-corrected chi connectivity index (χ3v) is 5.22. The highest BCUT2D eigenvalue weighted by Crippen LogP contribution is 2.46. The number of methoxy groups -OCH3 is 2. The molecule has 0 unspecified atom stereocenters. The van der Waals surface area contributed by atoms with Crippen molar-refractivity contribution < 1.29 is 14.3 Å². The molecule has 5 heteroatoms. The van der Waals surface area contributed by atoms with Crippen LogP contribution in [-0.4, -0.2) is 20.2 Å². The number of nitrogens with one attached hydrogen (secondary N) is 1. The SMILES string of the molecule is COC(=O)c1ccc(CNC2(c3ccc(OC)cc3)CC2)c(Br)c1. The number of halogens is 1. The quantitative estimate of drug-likeness (QED) is 0.757. The first-order chi connectivity index (χ1) is 11.6. The van der Waals surface area contributed by atoms with Gasteiger partial charge in [0.15, 0.2) is 0 Å². The summed E-state index contributed by atoms with van der Waals surface area (Å²) in [4.78, 5) is 11.6. The van der Waals surface area contributed by atoms with Crippen molar-refractivity contribution in [2.45, 2.75) is 24.9 Å². The topological polar surface area (TPSA) is 47.6 Å². The number of rotatable bonds is 6. The Bertz CT molecular complexity index is 739. The molecule has 3 rings (SSSR count). The summed E-state index contributed by atoms with van der Waals surface area (Å²) in [5.74, 6) is 0.544. The number of ether oxygens (including phenoxy) is 2. The minimum absolute atomic E-state index is 0.0483. The van der Waals surface area contributed by atoms with Gasteiger partial charge in [-0.25, -0.2) is 4.79 Å². The molecule has 1 aliphatic carbocycles. The Morgan fingerprint density at radius 1 is 1.17 bits per heavy atom. The average Bonchev–Trinajstić information content (AvgIpc) is 3.41. The molecule has 0 bridgehead atoms. The molecule has 24 heavy (non-hydrogen) atoms. The zero-order chi connectivity index (χ0) is 17.2. The lowest BCUT2D eigenvalue weighted by molar-refractivity contribution is 0.0600. The molecule has 126 valence electrons. The molecule has 1 N–H and O–H groups in total. The Balaban J connectivity index is 1.70. The second kappa shape index (κ2) is 6.95. The summed E-state index contributed by atoms with van der Waals surface area (Å²) < 4.78 is 10.9. The van der Waals surface area contributed by atoms with E-state index in [0.29, 0.717) is 5.56 Å². The third-order valence-electron chi connectivity index (χ3n) is 4.48. The lowest BCUT2D eigenvalue weighted by atomic mass is 10.0. The van der Waals surface area contributed by atoms with Crippen molar-refractivity contribution in [3.05, 3.63) is 63.6 Å². The van der Waals surface area contributed by atoms with E-state index >= 15 is 0 Å². The molecule has 0 atom stereocenters. The van der Waals surface area contributed by atoms with Crippen LogP contribution >= 0.6 is 15.9 Å². The van der Waals surface area contributed by atoms with E-state index in [0.717, 1.165) is 35.2 Å². The van der Waals surface area contributed by atoms with Gasteiger partial charge in [-0.05, 0) is 48.2 Å². The molecule has 0 heterocycles. The van der Waals surface area contributed by atoms with Crippen molar-refractivity contribution in [3.63, 3.8) is 0 Å². The fourth-order valence-electron chi connectivity index (χ4n) is 2.80. The number of carbonyl (C=O) groups is 1. The first-order valence-electron chi connectivity index (χ1n) is 7.84. The van der Waals surface area contributed by atoms with Gasteiger partial charge in [-0.1, -0.05) is 34.1 Å². The maximum absolute atomic E-state index is 11.6. The van der Waals surface area contributed by atoms with Crippen molar-refractivity contribution in [3.8, 4) is 5.75 Å². The van der Waals surface area contributed by atoms with Crippen LogP contribution in [0, 0.1) is 0 Å². The highest BCUT2D eigenvalue weighted by atomic mass is 79.9. The van der Waals surface area contributed by atoms with Crippen LogP contribution in [0.15, 0.2) is 46.9 Å². The summed E-state index contributed by atoms with van der Waals surface area (Å²) in [6.07, 6.45) is 2.24.